The summed E-state index contributed by atoms with van der Waals surface area (Å²) in [4.78, 5) is 0. The molecule has 2 aromatic rings. The first-order valence-electron chi connectivity index (χ1n) is 6.94. The predicted molar refractivity (Wildman–Crippen MR) is 78.9 cm³/mol. The first-order chi connectivity index (χ1) is 9.15. The van der Waals surface area contributed by atoms with Crippen LogP contribution in [-0.4, -0.2) is 15.8 Å². The number of hydrogen-bond acceptors (Lipinski definition) is 2. The lowest BCUT2D eigenvalue weighted by molar-refractivity contribution is 0.426. The van der Waals surface area contributed by atoms with Crippen LogP contribution in [0.2, 0.25) is 0 Å². The third kappa shape index (κ3) is 4.21. The fourth-order valence-corrected chi connectivity index (χ4v) is 1.87. The van der Waals surface area contributed by atoms with E-state index >= 15 is 0 Å². The summed E-state index contributed by atoms with van der Waals surface area (Å²) in [5.41, 5.74) is 2.52. The first kappa shape index (κ1) is 13.8. The summed E-state index contributed by atoms with van der Waals surface area (Å²) in [7, 11) is 0. The molecule has 0 aliphatic rings. The van der Waals surface area contributed by atoms with Gasteiger partial charge in [-0.25, -0.2) is 0 Å². The van der Waals surface area contributed by atoms with E-state index in [-0.39, 0.29) is 0 Å². The van der Waals surface area contributed by atoms with Crippen LogP contribution in [-0.2, 0) is 13.1 Å². The van der Waals surface area contributed by atoms with Crippen molar-refractivity contribution in [1.82, 2.24) is 15.1 Å². The Labute approximate surface area is 115 Å². The molecule has 1 N–H and O–H groups in total. The maximum atomic E-state index is 4.41. The van der Waals surface area contributed by atoms with Crippen molar-refractivity contribution in [2.45, 2.75) is 39.9 Å². The molecule has 0 saturated carbocycles. The van der Waals surface area contributed by atoms with Crippen LogP contribution in [0.1, 0.15) is 31.9 Å². The van der Waals surface area contributed by atoms with Crippen molar-refractivity contribution < 1.29 is 0 Å². The van der Waals surface area contributed by atoms with Crippen LogP contribution in [0, 0.1) is 5.92 Å². The molecule has 19 heavy (non-hydrogen) atoms. The molecule has 3 heteroatoms. The van der Waals surface area contributed by atoms with E-state index in [1.807, 2.05) is 16.9 Å². The molecule has 1 atom stereocenters. The largest absolute Gasteiger partial charge is 0.310 e. The number of nitrogens with zero attached hydrogens (tertiary/aromatic N) is 2. The van der Waals surface area contributed by atoms with Crippen LogP contribution in [0.3, 0.4) is 0 Å². The van der Waals surface area contributed by atoms with Gasteiger partial charge in [0, 0.05) is 24.3 Å². The van der Waals surface area contributed by atoms with Gasteiger partial charge < -0.3 is 5.32 Å². The summed E-state index contributed by atoms with van der Waals surface area (Å²) in [5.74, 6) is 0.652. The third-order valence-corrected chi connectivity index (χ3v) is 3.50. The van der Waals surface area contributed by atoms with Gasteiger partial charge in [0.05, 0.1) is 12.7 Å². The molecule has 1 heterocycles. The number of nitrogens with one attached hydrogen (secondary N) is 1. The molecule has 1 unspecified atom stereocenters. The van der Waals surface area contributed by atoms with Crippen molar-refractivity contribution in [3.8, 4) is 0 Å². The average molecular weight is 257 g/mol. The maximum absolute atomic E-state index is 4.41. The number of hydrogen-bond donors (Lipinski definition) is 1. The van der Waals surface area contributed by atoms with Crippen molar-refractivity contribution in [2.24, 2.45) is 5.92 Å². The second kappa shape index (κ2) is 6.53. The smallest absolute Gasteiger partial charge is 0.0659 e. The zero-order valence-electron chi connectivity index (χ0n) is 12.0. The number of benzene rings is 1. The molecule has 2 rings (SSSR count). The average Bonchev–Trinajstić information content (AvgIpc) is 2.84. The van der Waals surface area contributed by atoms with Crippen molar-refractivity contribution in [1.29, 1.82) is 0 Å². The standard InChI is InChI=1S/C16H23N3/c1-13(2)14(3)17-9-16-10-18-19(12-16)11-15-7-5-4-6-8-15/h4-8,10,12-14,17H,9,11H2,1-3H3. The van der Waals surface area contributed by atoms with Crippen LogP contribution >= 0.6 is 0 Å². The Morgan fingerprint density at radius 2 is 1.84 bits per heavy atom. The summed E-state index contributed by atoms with van der Waals surface area (Å²) in [6, 6.07) is 10.9. The van der Waals surface area contributed by atoms with Gasteiger partial charge in [0.15, 0.2) is 0 Å². The Morgan fingerprint density at radius 3 is 2.53 bits per heavy atom. The molecular weight excluding hydrogens is 234 g/mol. The van der Waals surface area contributed by atoms with Crippen LogP contribution in [0.25, 0.3) is 0 Å². The van der Waals surface area contributed by atoms with Gasteiger partial charge in [-0.15, -0.1) is 0 Å². The fraction of sp³-hybridized carbons (Fsp3) is 0.438. The second-order valence-electron chi connectivity index (χ2n) is 5.45. The Morgan fingerprint density at radius 1 is 1.11 bits per heavy atom. The summed E-state index contributed by atoms with van der Waals surface area (Å²) < 4.78 is 1.99. The van der Waals surface area contributed by atoms with Gasteiger partial charge in [-0.2, -0.15) is 5.10 Å². The van der Waals surface area contributed by atoms with Crippen molar-refractivity contribution in [2.75, 3.05) is 0 Å². The highest BCUT2D eigenvalue weighted by atomic mass is 15.3. The molecular formula is C16H23N3. The fourth-order valence-electron chi connectivity index (χ4n) is 1.87. The Kier molecular flexibility index (Phi) is 4.74. The molecule has 0 radical (unpaired) electrons. The van der Waals surface area contributed by atoms with Gasteiger partial charge in [-0.05, 0) is 18.4 Å². The summed E-state index contributed by atoms with van der Waals surface area (Å²) in [6.45, 7) is 8.40. The van der Waals surface area contributed by atoms with Crippen molar-refractivity contribution >= 4 is 0 Å². The molecule has 102 valence electrons. The van der Waals surface area contributed by atoms with E-state index in [0.717, 1.165) is 13.1 Å². The lowest BCUT2D eigenvalue weighted by Gasteiger charge is -2.16. The molecule has 0 spiro atoms. The van der Waals surface area contributed by atoms with E-state index in [2.05, 4.69) is 61.6 Å². The van der Waals surface area contributed by atoms with Crippen LogP contribution < -0.4 is 5.32 Å². The minimum absolute atomic E-state index is 0.525. The Bertz CT molecular complexity index is 488. The highest BCUT2D eigenvalue weighted by Crippen LogP contribution is 2.05. The van der Waals surface area contributed by atoms with Crippen LogP contribution in [0.5, 0.6) is 0 Å². The van der Waals surface area contributed by atoms with Gasteiger partial charge in [0.25, 0.3) is 0 Å². The highest BCUT2D eigenvalue weighted by Gasteiger charge is 2.06. The zero-order valence-corrected chi connectivity index (χ0v) is 12.0. The van der Waals surface area contributed by atoms with E-state index in [0.29, 0.717) is 12.0 Å². The SMILES string of the molecule is CC(C)C(C)NCc1cnn(Cc2ccccc2)c1. The predicted octanol–water partition coefficient (Wildman–Crippen LogP) is 3.07. The summed E-state index contributed by atoms with van der Waals surface area (Å²) in [6.07, 6.45) is 4.07. The quantitative estimate of drug-likeness (QED) is 0.862. The van der Waals surface area contributed by atoms with E-state index in [4.69, 9.17) is 0 Å². The van der Waals surface area contributed by atoms with Crippen molar-refractivity contribution in [3.05, 3.63) is 53.9 Å². The van der Waals surface area contributed by atoms with Gasteiger partial charge in [-0.3, -0.25) is 4.68 Å². The summed E-state index contributed by atoms with van der Waals surface area (Å²) in [5, 5.41) is 7.93. The lowest BCUT2D eigenvalue weighted by atomic mass is 10.1. The molecule has 0 aliphatic heterocycles. The lowest BCUT2D eigenvalue weighted by Crippen LogP contribution is -2.29. The molecule has 0 aliphatic carbocycles. The molecule has 0 fully saturated rings. The van der Waals surface area contributed by atoms with E-state index in [1.165, 1.54) is 11.1 Å². The molecule has 0 amide bonds. The minimum Gasteiger partial charge on any atom is -0.310 e. The van der Waals surface area contributed by atoms with Gasteiger partial charge in [-0.1, -0.05) is 44.2 Å². The van der Waals surface area contributed by atoms with E-state index in [1.54, 1.807) is 0 Å². The van der Waals surface area contributed by atoms with Gasteiger partial charge in [0.2, 0.25) is 0 Å². The van der Waals surface area contributed by atoms with Crippen LogP contribution in [0.4, 0.5) is 0 Å². The Balaban J connectivity index is 1.89. The number of rotatable bonds is 6. The monoisotopic (exact) mass is 257 g/mol. The zero-order chi connectivity index (χ0) is 13.7. The number of aromatic nitrogens is 2. The normalized spacial score (nSPS) is 12.8. The molecule has 1 aromatic carbocycles. The molecule has 0 bridgehead atoms. The topological polar surface area (TPSA) is 29.9 Å². The maximum Gasteiger partial charge on any atom is 0.0659 e. The molecule has 0 saturated heterocycles. The first-order valence-corrected chi connectivity index (χ1v) is 6.94. The van der Waals surface area contributed by atoms with Gasteiger partial charge in [0.1, 0.15) is 0 Å². The third-order valence-electron chi connectivity index (χ3n) is 3.50. The highest BCUT2D eigenvalue weighted by molar-refractivity contribution is 5.15. The molecule has 3 nitrogen and oxygen atoms in total. The van der Waals surface area contributed by atoms with Crippen LogP contribution in [0.15, 0.2) is 42.7 Å². The summed E-state index contributed by atoms with van der Waals surface area (Å²) >= 11 is 0. The van der Waals surface area contributed by atoms with Gasteiger partial charge >= 0.3 is 0 Å². The minimum atomic E-state index is 0.525. The van der Waals surface area contributed by atoms with E-state index < -0.39 is 0 Å². The second-order valence-corrected chi connectivity index (χ2v) is 5.45. The van der Waals surface area contributed by atoms with Crippen molar-refractivity contribution in [3.63, 3.8) is 0 Å². The Hall–Kier alpha value is -1.61. The van der Waals surface area contributed by atoms with E-state index in [9.17, 15) is 0 Å². The molecule has 1 aromatic heterocycles.